The number of hydrogen-bond acceptors (Lipinski definition) is 3. The van der Waals surface area contributed by atoms with E-state index in [9.17, 15) is 13.2 Å². The Morgan fingerprint density at radius 2 is 1.62 bits per heavy atom. The maximum atomic E-state index is 13.0. The number of aryl methyl sites for hydroxylation is 1. The molecule has 0 aromatic heterocycles. The van der Waals surface area contributed by atoms with Gasteiger partial charge in [-0.1, -0.05) is 6.07 Å². The van der Waals surface area contributed by atoms with Gasteiger partial charge in [-0.05, 0) is 107 Å². The van der Waals surface area contributed by atoms with Crippen LogP contribution in [-0.4, -0.2) is 26.4 Å². The summed E-state index contributed by atoms with van der Waals surface area (Å²) in [6.07, 6.45) is 7.86. The molecule has 4 fully saturated rings. The van der Waals surface area contributed by atoms with Gasteiger partial charge >= 0.3 is 0 Å². The SMILES string of the molecule is Cc1ccc(S(=O)(=O)NC(C)(C)C)cc1C(=O)NCC12CC3CC(CC(C3)C1)C2. The second-order valence-electron chi connectivity index (χ2n) is 10.9. The van der Waals surface area contributed by atoms with E-state index in [-0.39, 0.29) is 16.2 Å². The van der Waals surface area contributed by atoms with Gasteiger partial charge in [-0.15, -0.1) is 0 Å². The second-order valence-corrected chi connectivity index (χ2v) is 12.6. The number of carbonyl (C=O) groups excluding carboxylic acids is 1. The number of benzene rings is 1. The van der Waals surface area contributed by atoms with Crippen molar-refractivity contribution in [3.63, 3.8) is 0 Å². The molecule has 4 aliphatic rings. The average Bonchev–Trinajstić information content (AvgIpc) is 2.56. The number of nitrogens with one attached hydrogen (secondary N) is 2. The Morgan fingerprint density at radius 1 is 1.07 bits per heavy atom. The Kier molecular flexibility index (Phi) is 5.10. The van der Waals surface area contributed by atoms with E-state index in [1.165, 1.54) is 44.6 Å². The lowest BCUT2D eigenvalue weighted by Crippen LogP contribution is -2.51. The van der Waals surface area contributed by atoms with Crippen LogP contribution in [-0.2, 0) is 10.0 Å². The third-order valence-corrected chi connectivity index (χ3v) is 8.75. The molecule has 160 valence electrons. The summed E-state index contributed by atoms with van der Waals surface area (Å²) >= 11 is 0. The molecule has 5 rings (SSSR count). The molecule has 29 heavy (non-hydrogen) atoms. The molecule has 4 aliphatic carbocycles. The summed E-state index contributed by atoms with van der Waals surface area (Å²) in [5.74, 6) is 2.37. The van der Waals surface area contributed by atoms with E-state index >= 15 is 0 Å². The minimum atomic E-state index is -3.67. The molecule has 1 amide bonds. The first kappa shape index (κ1) is 20.9. The largest absolute Gasteiger partial charge is 0.351 e. The van der Waals surface area contributed by atoms with Crippen LogP contribution in [0.4, 0.5) is 0 Å². The molecule has 0 unspecified atom stereocenters. The zero-order chi connectivity index (χ0) is 21.0. The first-order valence-electron chi connectivity index (χ1n) is 10.9. The highest BCUT2D eigenvalue weighted by atomic mass is 32.2. The first-order chi connectivity index (χ1) is 13.4. The molecule has 0 spiro atoms. The van der Waals surface area contributed by atoms with E-state index in [4.69, 9.17) is 0 Å². The quantitative estimate of drug-likeness (QED) is 0.758. The standard InChI is InChI=1S/C23H34N2O3S/c1-15-5-6-19(29(27,28)25-22(2,3)4)10-20(15)21(26)24-14-23-11-16-7-17(12-23)9-18(8-16)13-23/h5-6,10,16-18,25H,7-9,11-14H2,1-4H3,(H,24,26). The van der Waals surface area contributed by atoms with Crippen molar-refractivity contribution < 1.29 is 13.2 Å². The van der Waals surface area contributed by atoms with E-state index < -0.39 is 15.6 Å². The Balaban J connectivity index is 1.49. The van der Waals surface area contributed by atoms with Crippen LogP contribution in [0.15, 0.2) is 23.1 Å². The van der Waals surface area contributed by atoms with Gasteiger partial charge in [0.1, 0.15) is 0 Å². The van der Waals surface area contributed by atoms with Crippen molar-refractivity contribution >= 4 is 15.9 Å². The smallest absolute Gasteiger partial charge is 0.251 e. The summed E-state index contributed by atoms with van der Waals surface area (Å²) in [6.45, 7) is 7.98. The third kappa shape index (κ3) is 4.38. The van der Waals surface area contributed by atoms with Gasteiger partial charge in [0.2, 0.25) is 10.0 Å². The molecule has 0 aliphatic heterocycles. The lowest BCUT2D eigenvalue weighted by Gasteiger charge is -2.56. The van der Waals surface area contributed by atoms with Crippen LogP contribution < -0.4 is 10.0 Å². The number of sulfonamides is 1. The fourth-order valence-corrected chi connectivity index (χ4v) is 7.79. The van der Waals surface area contributed by atoms with Crippen molar-refractivity contribution in [3.05, 3.63) is 29.3 Å². The van der Waals surface area contributed by atoms with Crippen LogP contribution >= 0.6 is 0 Å². The molecule has 4 saturated carbocycles. The summed E-state index contributed by atoms with van der Waals surface area (Å²) in [4.78, 5) is 13.1. The van der Waals surface area contributed by atoms with Gasteiger partial charge in [0.15, 0.2) is 0 Å². The molecule has 6 heteroatoms. The average molecular weight is 419 g/mol. The van der Waals surface area contributed by atoms with Crippen LogP contribution in [0.25, 0.3) is 0 Å². The van der Waals surface area contributed by atoms with E-state index in [2.05, 4.69) is 10.0 Å². The molecule has 4 bridgehead atoms. The van der Waals surface area contributed by atoms with Gasteiger partial charge in [-0.3, -0.25) is 4.79 Å². The fourth-order valence-electron chi connectivity index (χ4n) is 6.34. The van der Waals surface area contributed by atoms with E-state index in [1.54, 1.807) is 32.9 Å². The highest BCUT2D eigenvalue weighted by Crippen LogP contribution is 2.59. The Bertz CT molecular complexity index is 879. The van der Waals surface area contributed by atoms with Crippen molar-refractivity contribution in [1.82, 2.24) is 10.0 Å². The first-order valence-corrected chi connectivity index (χ1v) is 12.4. The molecule has 1 aromatic carbocycles. The van der Waals surface area contributed by atoms with Crippen molar-refractivity contribution in [2.75, 3.05) is 6.54 Å². The highest BCUT2D eigenvalue weighted by Gasteiger charge is 2.50. The topological polar surface area (TPSA) is 75.3 Å². The second kappa shape index (κ2) is 7.09. The summed E-state index contributed by atoms with van der Waals surface area (Å²) < 4.78 is 28.0. The van der Waals surface area contributed by atoms with Crippen molar-refractivity contribution in [3.8, 4) is 0 Å². The van der Waals surface area contributed by atoms with Gasteiger partial charge in [0.05, 0.1) is 4.90 Å². The summed E-state index contributed by atoms with van der Waals surface area (Å²) in [7, 11) is -3.67. The summed E-state index contributed by atoms with van der Waals surface area (Å²) in [5, 5.41) is 3.17. The minimum Gasteiger partial charge on any atom is -0.351 e. The lowest BCUT2D eigenvalue weighted by molar-refractivity contribution is -0.0503. The number of amides is 1. The molecular weight excluding hydrogens is 384 g/mol. The van der Waals surface area contributed by atoms with Crippen LogP contribution in [0.3, 0.4) is 0 Å². The van der Waals surface area contributed by atoms with Gasteiger partial charge < -0.3 is 5.32 Å². The normalized spacial score (nSPS) is 31.1. The van der Waals surface area contributed by atoms with E-state index in [0.29, 0.717) is 12.1 Å². The third-order valence-electron chi connectivity index (χ3n) is 6.99. The fraction of sp³-hybridized carbons (Fsp3) is 0.696. The molecule has 2 N–H and O–H groups in total. The van der Waals surface area contributed by atoms with Gasteiger partial charge in [-0.2, -0.15) is 0 Å². The zero-order valence-electron chi connectivity index (χ0n) is 18.0. The molecule has 0 heterocycles. The van der Waals surface area contributed by atoms with Crippen LogP contribution in [0, 0.1) is 30.1 Å². The maximum absolute atomic E-state index is 13.0. The molecular formula is C23H34N2O3S. The summed E-state index contributed by atoms with van der Waals surface area (Å²) in [6, 6.07) is 4.80. The summed E-state index contributed by atoms with van der Waals surface area (Å²) in [5.41, 5.74) is 0.926. The molecule has 5 nitrogen and oxygen atoms in total. The van der Waals surface area contributed by atoms with E-state index in [0.717, 1.165) is 23.3 Å². The van der Waals surface area contributed by atoms with Gasteiger partial charge in [0.25, 0.3) is 5.91 Å². The minimum absolute atomic E-state index is 0.137. The monoisotopic (exact) mass is 418 g/mol. The van der Waals surface area contributed by atoms with Gasteiger partial charge in [-0.25, -0.2) is 13.1 Å². The molecule has 0 radical (unpaired) electrons. The van der Waals surface area contributed by atoms with Crippen molar-refractivity contribution in [2.24, 2.45) is 23.2 Å². The Labute approximate surface area is 175 Å². The number of rotatable bonds is 5. The lowest BCUT2D eigenvalue weighted by atomic mass is 9.49. The van der Waals surface area contributed by atoms with E-state index in [1.807, 2.05) is 6.92 Å². The predicted octanol–water partition coefficient (Wildman–Crippen LogP) is 4.02. The van der Waals surface area contributed by atoms with Crippen LogP contribution in [0.2, 0.25) is 0 Å². The molecule has 0 atom stereocenters. The molecule has 1 aromatic rings. The number of carbonyl (C=O) groups is 1. The van der Waals surface area contributed by atoms with Crippen LogP contribution in [0.5, 0.6) is 0 Å². The number of hydrogen-bond donors (Lipinski definition) is 2. The zero-order valence-corrected chi connectivity index (χ0v) is 18.9. The highest BCUT2D eigenvalue weighted by molar-refractivity contribution is 7.89. The Morgan fingerprint density at radius 3 is 2.14 bits per heavy atom. The van der Waals surface area contributed by atoms with Crippen molar-refractivity contribution in [2.45, 2.75) is 76.7 Å². The van der Waals surface area contributed by atoms with Gasteiger partial charge in [0, 0.05) is 17.6 Å². The van der Waals surface area contributed by atoms with Crippen molar-refractivity contribution in [1.29, 1.82) is 0 Å². The predicted molar refractivity (Wildman–Crippen MR) is 114 cm³/mol. The van der Waals surface area contributed by atoms with Crippen LogP contribution in [0.1, 0.15) is 75.2 Å². The maximum Gasteiger partial charge on any atom is 0.251 e. The Hall–Kier alpha value is -1.40. The molecule has 0 saturated heterocycles.